The largest absolute Gasteiger partial charge is 0.444 e. The van der Waals surface area contributed by atoms with E-state index in [-0.39, 0.29) is 5.54 Å². The maximum absolute atomic E-state index is 11.8. The Morgan fingerprint density at radius 3 is 2.35 bits per heavy atom. The number of benzene rings is 1. The van der Waals surface area contributed by atoms with Gasteiger partial charge in [0.15, 0.2) is 0 Å². The van der Waals surface area contributed by atoms with E-state index in [1.165, 1.54) is 0 Å². The first-order valence-electron chi connectivity index (χ1n) is 6.94. The molecule has 0 aliphatic carbocycles. The lowest BCUT2D eigenvalue weighted by atomic mass is 9.96. The Balaban J connectivity index is 2.73. The molecule has 3 N–H and O–H groups in total. The third-order valence-corrected chi connectivity index (χ3v) is 2.69. The normalized spacial score (nSPS) is 12.1. The molecule has 4 nitrogen and oxygen atoms in total. The summed E-state index contributed by atoms with van der Waals surface area (Å²) in [7, 11) is 0. The zero-order chi connectivity index (χ0) is 15.4. The van der Waals surface area contributed by atoms with Crippen molar-refractivity contribution in [3.63, 3.8) is 0 Å². The molecule has 0 aromatic heterocycles. The Kier molecular flexibility index (Phi) is 5.17. The van der Waals surface area contributed by atoms with Crippen molar-refractivity contribution in [1.82, 2.24) is 0 Å². The van der Waals surface area contributed by atoms with E-state index >= 15 is 0 Å². The van der Waals surface area contributed by atoms with Crippen molar-refractivity contribution in [3.8, 4) is 0 Å². The molecule has 0 fully saturated rings. The van der Waals surface area contributed by atoms with Crippen LogP contribution < -0.4 is 11.1 Å². The molecule has 1 rings (SSSR count). The first-order valence-corrected chi connectivity index (χ1v) is 6.94. The Morgan fingerprint density at radius 1 is 1.20 bits per heavy atom. The van der Waals surface area contributed by atoms with Gasteiger partial charge in [0.05, 0.1) is 0 Å². The summed E-state index contributed by atoms with van der Waals surface area (Å²) in [4.78, 5) is 11.8. The highest BCUT2D eigenvalue weighted by molar-refractivity contribution is 5.85. The second kappa shape index (κ2) is 6.27. The van der Waals surface area contributed by atoms with E-state index in [1.54, 1.807) is 0 Å². The summed E-state index contributed by atoms with van der Waals surface area (Å²) in [5, 5.41) is 2.80. The summed E-state index contributed by atoms with van der Waals surface area (Å²) >= 11 is 0. The van der Waals surface area contributed by atoms with Gasteiger partial charge in [0.25, 0.3) is 0 Å². The fourth-order valence-electron chi connectivity index (χ4n) is 1.73. The number of nitrogens with two attached hydrogens (primary N) is 1. The summed E-state index contributed by atoms with van der Waals surface area (Å²) < 4.78 is 5.27. The quantitative estimate of drug-likeness (QED) is 0.882. The third kappa shape index (κ3) is 6.57. The number of hydrogen-bond donors (Lipinski definition) is 2. The zero-order valence-corrected chi connectivity index (χ0v) is 13.1. The van der Waals surface area contributed by atoms with Gasteiger partial charge in [-0.25, -0.2) is 4.79 Å². The topological polar surface area (TPSA) is 64.3 Å². The van der Waals surface area contributed by atoms with Crippen LogP contribution >= 0.6 is 0 Å². The molecule has 0 heterocycles. The van der Waals surface area contributed by atoms with Crippen molar-refractivity contribution in [2.45, 2.75) is 58.6 Å². The minimum absolute atomic E-state index is 0.223. The second-order valence-electron chi connectivity index (χ2n) is 6.77. The minimum Gasteiger partial charge on any atom is -0.444 e. The molecule has 0 aliphatic heterocycles. The number of rotatable bonds is 4. The van der Waals surface area contributed by atoms with Crippen LogP contribution in [0.25, 0.3) is 0 Å². The smallest absolute Gasteiger partial charge is 0.412 e. The lowest BCUT2D eigenvalue weighted by Crippen LogP contribution is -2.32. The number of hydrogen-bond acceptors (Lipinski definition) is 3. The van der Waals surface area contributed by atoms with Gasteiger partial charge in [0.2, 0.25) is 0 Å². The molecule has 20 heavy (non-hydrogen) atoms. The van der Waals surface area contributed by atoms with Crippen molar-refractivity contribution in [2.75, 3.05) is 5.32 Å². The molecule has 0 spiro atoms. The van der Waals surface area contributed by atoms with Crippen molar-refractivity contribution in [1.29, 1.82) is 0 Å². The molecule has 0 radical (unpaired) electrons. The zero-order valence-electron chi connectivity index (χ0n) is 13.1. The van der Waals surface area contributed by atoms with Gasteiger partial charge in [0.1, 0.15) is 5.60 Å². The Labute approximate surface area is 121 Å². The van der Waals surface area contributed by atoms with E-state index in [0.29, 0.717) is 0 Å². The van der Waals surface area contributed by atoms with Gasteiger partial charge in [-0.15, -0.1) is 0 Å². The number of amides is 1. The van der Waals surface area contributed by atoms with Crippen LogP contribution in [0, 0.1) is 0 Å². The minimum atomic E-state index is -0.502. The van der Waals surface area contributed by atoms with E-state index in [2.05, 4.69) is 5.32 Å². The van der Waals surface area contributed by atoms with Crippen LogP contribution in [0.4, 0.5) is 10.5 Å². The first-order chi connectivity index (χ1) is 9.07. The molecule has 112 valence electrons. The van der Waals surface area contributed by atoms with Gasteiger partial charge in [-0.05, 0) is 59.1 Å². The lowest BCUT2D eigenvalue weighted by molar-refractivity contribution is 0.0636. The lowest BCUT2D eigenvalue weighted by Gasteiger charge is -2.21. The van der Waals surface area contributed by atoms with Crippen molar-refractivity contribution >= 4 is 11.8 Å². The van der Waals surface area contributed by atoms with Crippen molar-refractivity contribution in [2.24, 2.45) is 5.73 Å². The van der Waals surface area contributed by atoms with Crippen LogP contribution in [-0.4, -0.2) is 17.2 Å². The molecule has 1 aromatic carbocycles. The number of para-hydroxylation sites is 1. The van der Waals surface area contributed by atoms with E-state index in [4.69, 9.17) is 10.5 Å². The SMILES string of the molecule is CC(C)(N)CCc1ccccc1NC(=O)OC(C)(C)C. The van der Waals surface area contributed by atoms with Crippen LogP contribution in [0.15, 0.2) is 24.3 Å². The Morgan fingerprint density at radius 2 is 1.80 bits per heavy atom. The molecule has 0 atom stereocenters. The third-order valence-electron chi connectivity index (χ3n) is 2.69. The van der Waals surface area contributed by atoms with Gasteiger partial charge < -0.3 is 10.5 Å². The Bertz CT molecular complexity index is 456. The van der Waals surface area contributed by atoms with E-state index < -0.39 is 11.7 Å². The van der Waals surface area contributed by atoms with Crippen LogP contribution in [-0.2, 0) is 11.2 Å². The van der Waals surface area contributed by atoms with E-state index in [0.717, 1.165) is 24.1 Å². The molecule has 0 bridgehead atoms. The summed E-state index contributed by atoms with van der Waals surface area (Å²) in [6, 6.07) is 7.73. The predicted octanol–water partition coefficient (Wildman–Crippen LogP) is 3.70. The maximum Gasteiger partial charge on any atom is 0.412 e. The maximum atomic E-state index is 11.8. The monoisotopic (exact) mass is 278 g/mol. The first kappa shape index (κ1) is 16.5. The number of ether oxygens (including phenoxy) is 1. The van der Waals surface area contributed by atoms with Gasteiger partial charge in [-0.1, -0.05) is 18.2 Å². The van der Waals surface area contributed by atoms with Gasteiger partial charge in [-0.3, -0.25) is 5.32 Å². The molecular weight excluding hydrogens is 252 g/mol. The highest BCUT2D eigenvalue weighted by atomic mass is 16.6. The van der Waals surface area contributed by atoms with Crippen molar-refractivity contribution < 1.29 is 9.53 Å². The van der Waals surface area contributed by atoms with Gasteiger partial charge in [0, 0.05) is 11.2 Å². The van der Waals surface area contributed by atoms with Crippen LogP contribution in [0.1, 0.15) is 46.6 Å². The summed E-state index contributed by atoms with van der Waals surface area (Å²) in [6.07, 6.45) is 1.23. The molecule has 1 amide bonds. The number of carbonyl (C=O) groups is 1. The summed E-state index contributed by atoms with van der Waals surface area (Å²) in [5.74, 6) is 0. The molecule has 4 heteroatoms. The van der Waals surface area contributed by atoms with Crippen molar-refractivity contribution in [3.05, 3.63) is 29.8 Å². The number of aryl methyl sites for hydroxylation is 1. The summed E-state index contributed by atoms with van der Waals surface area (Å²) in [5.41, 5.74) is 7.13. The average molecular weight is 278 g/mol. The highest BCUT2D eigenvalue weighted by Gasteiger charge is 2.17. The molecular formula is C16H26N2O2. The van der Waals surface area contributed by atoms with Crippen LogP contribution in [0.2, 0.25) is 0 Å². The number of nitrogens with one attached hydrogen (secondary N) is 1. The van der Waals surface area contributed by atoms with Gasteiger partial charge >= 0.3 is 6.09 Å². The fraction of sp³-hybridized carbons (Fsp3) is 0.562. The number of anilines is 1. The molecule has 0 aliphatic rings. The van der Waals surface area contributed by atoms with E-state index in [9.17, 15) is 4.79 Å². The standard InChI is InChI=1S/C16H26N2O2/c1-15(2,3)20-14(19)18-13-9-7-6-8-12(13)10-11-16(4,5)17/h6-9H,10-11,17H2,1-5H3,(H,18,19). The summed E-state index contributed by atoms with van der Waals surface area (Å²) in [6.45, 7) is 9.52. The highest BCUT2D eigenvalue weighted by Crippen LogP contribution is 2.20. The second-order valence-corrected chi connectivity index (χ2v) is 6.77. The van der Waals surface area contributed by atoms with Crippen LogP contribution in [0.5, 0.6) is 0 Å². The molecule has 0 saturated carbocycles. The Hall–Kier alpha value is -1.55. The molecule has 1 aromatic rings. The number of carbonyl (C=O) groups excluding carboxylic acids is 1. The predicted molar refractivity (Wildman–Crippen MR) is 82.9 cm³/mol. The fourth-order valence-corrected chi connectivity index (χ4v) is 1.73. The van der Waals surface area contributed by atoms with E-state index in [1.807, 2.05) is 58.9 Å². The average Bonchev–Trinajstić information content (AvgIpc) is 2.24. The van der Waals surface area contributed by atoms with Gasteiger partial charge in [-0.2, -0.15) is 0 Å². The molecule has 0 saturated heterocycles. The molecule has 0 unspecified atom stereocenters. The van der Waals surface area contributed by atoms with Crippen LogP contribution in [0.3, 0.4) is 0 Å².